The van der Waals surface area contributed by atoms with Crippen LogP contribution in [0.4, 0.5) is 0 Å². The molecule has 2 heterocycles. The molecule has 0 aromatic rings. The molecule has 3 rings (SSSR count). The fourth-order valence-electron chi connectivity index (χ4n) is 3.76. The van der Waals surface area contributed by atoms with E-state index in [1.807, 2.05) is 0 Å². The van der Waals surface area contributed by atoms with Crippen LogP contribution in [0.5, 0.6) is 0 Å². The Labute approximate surface area is 122 Å². The first-order chi connectivity index (χ1) is 9.31. The molecule has 1 aliphatic carbocycles. The summed E-state index contributed by atoms with van der Waals surface area (Å²) in [5.41, 5.74) is 0.253. The lowest BCUT2D eigenvalue weighted by Gasteiger charge is -2.41. The molecule has 1 N–H and O–H groups in total. The molecule has 3 aliphatic rings. The van der Waals surface area contributed by atoms with Crippen molar-refractivity contribution in [3.05, 3.63) is 0 Å². The third-order valence-corrected chi connectivity index (χ3v) is 6.33. The van der Waals surface area contributed by atoms with E-state index in [1.165, 1.54) is 63.0 Å². The number of thioether (sulfide) groups is 1. The average molecular weight is 283 g/mol. The Balaban J connectivity index is 1.59. The standard InChI is InChI=1S/C16H29NOS/c1-2-7-17-15(10-13-3-4-13)14-5-8-18-16(11-14)6-9-19-12-16/h13-15,17H,2-12H2,1H3. The first-order valence-corrected chi connectivity index (χ1v) is 9.42. The number of nitrogens with one attached hydrogen (secondary N) is 1. The summed E-state index contributed by atoms with van der Waals surface area (Å²) in [5.74, 6) is 4.45. The predicted octanol–water partition coefficient (Wildman–Crippen LogP) is 3.46. The minimum atomic E-state index is 0.253. The van der Waals surface area contributed by atoms with E-state index in [9.17, 15) is 0 Å². The Hall–Kier alpha value is 0.270. The molecule has 3 heteroatoms. The Bertz CT molecular complexity index is 286. The van der Waals surface area contributed by atoms with Crippen molar-refractivity contribution in [3.63, 3.8) is 0 Å². The van der Waals surface area contributed by atoms with Gasteiger partial charge in [-0.2, -0.15) is 11.8 Å². The zero-order valence-corrected chi connectivity index (χ0v) is 13.1. The van der Waals surface area contributed by atoms with E-state index in [1.54, 1.807) is 0 Å². The Morgan fingerprint density at radius 2 is 2.26 bits per heavy atom. The Morgan fingerprint density at radius 3 is 2.95 bits per heavy atom. The zero-order valence-electron chi connectivity index (χ0n) is 12.3. The Kier molecular flexibility index (Phi) is 4.76. The molecule has 19 heavy (non-hydrogen) atoms. The van der Waals surface area contributed by atoms with E-state index < -0.39 is 0 Å². The molecule has 2 saturated heterocycles. The van der Waals surface area contributed by atoms with Crippen molar-refractivity contribution >= 4 is 11.8 Å². The lowest BCUT2D eigenvalue weighted by Crippen LogP contribution is -2.47. The highest BCUT2D eigenvalue weighted by Gasteiger charge is 2.43. The maximum atomic E-state index is 6.18. The molecule has 0 bridgehead atoms. The lowest BCUT2D eigenvalue weighted by atomic mass is 9.79. The molecule has 3 fully saturated rings. The average Bonchev–Trinajstić information content (AvgIpc) is 3.15. The second-order valence-corrected chi connectivity index (χ2v) is 7.93. The van der Waals surface area contributed by atoms with Crippen molar-refractivity contribution in [1.82, 2.24) is 5.32 Å². The summed E-state index contributed by atoms with van der Waals surface area (Å²) in [7, 11) is 0. The van der Waals surface area contributed by atoms with Crippen LogP contribution >= 0.6 is 11.8 Å². The van der Waals surface area contributed by atoms with Gasteiger partial charge in [-0.1, -0.05) is 19.8 Å². The van der Waals surface area contributed by atoms with Gasteiger partial charge < -0.3 is 10.1 Å². The SMILES string of the molecule is CCCNC(CC1CC1)C1CCOC2(CCSC2)C1. The van der Waals surface area contributed by atoms with Crippen LogP contribution in [0.2, 0.25) is 0 Å². The predicted molar refractivity (Wildman–Crippen MR) is 82.8 cm³/mol. The van der Waals surface area contributed by atoms with E-state index >= 15 is 0 Å². The van der Waals surface area contributed by atoms with Gasteiger partial charge in [0, 0.05) is 18.4 Å². The van der Waals surface area contributed by atoms with Gasteiger partial charge in [-0.3, -0.25) is 0 Å². The van der Waals surface area contributed by atoms with Crippen LogP contribution < -0.4 is 5.32 Å². The van der Waals surface area contributed by atoms with E-state index in [4.69, 9.17) is 4.74 Å². The van der Waals surface area contributed by atoms with Crippen molar-refractivity contribution < 1.29 is 4.74 Å². The number of ether oxygens (including phenoxy) is 1. The fraction of sp³-hybridized carbons (Fsp3) is 1.00. The van der Waals surface area contributed by atoms with Gasteiger partial charge in [0.15, 0.2) is 0 Å². The van der Waals surface area contributed by atoms with Crippen molar-refractivity contribution in [2.75, 3.05) is 24.7 Å². The molecule has 2 aliphatic heterocycles. The summed E-state index contributed by atoms with van der Waals surface area (Å²) in [6.07, 6.45) is 9.52. The van der Waals surface area contributed by atoms with Crippen LogP contribution in [0.1, 0.15) is 51.9 Å². The topological polar surface area (TPSA) is 21.3 Å². The van der Waals surface area contributed by atoms with Crippen LogP contribution in [0.25, 0.3) is 0 Å². The third-order valence-electron chi connectivity index (χ3n) is 5.11. The van der Waals surface area contributed by atoms with E-state index in [0.29, 0.717) is 0 Å². The van der Waals surface area contributed by atoms with Crippen LogP contribution in [0.15, 0.2) is 0 Å². The zero-order chi connectivity index (χ0) is 13.1. The molecule has 2 nitrogen and oxygen atoms in total. The first-order valence-electron chi connectivity index (χ1n) is 8.26. The Morgan fingerprint density at radius 1 is 1.37 bits per heavy atom. The minimum Gasteiger partial charge on any atom is -0.374 e. The largest absolute Gasteiger partial charge is 0.374 e. The molecular formula is C16H29NOS. The molecular weight excluding hydrogens is 254 g/mol. The van der Waals surface area contributed by atoms with Crippen LogP contribution in [-0.4, -0.2) is 36.3 Å². The van der Waals surface area contributed by atoms with Crippen molar-refractivity contribution in [1.29, 1.82) is 0 Å². The van der Waals surface area contributed by atoms with E-state index in [0.717, 1.165) is 24.5 Å². The van der Waals surface area contributed by atoms with Gasteiger partial charge in [0.2, 0.25) is 0 Å². The van der Waals surface area contributed by atoms with Gasteiger partial charge in [-0.15, -0.1) is 0 Å². The highest BCUT2D eigenvalue weighted by Crippen LogP contribution is 2.43. The van der Waals surface area contributed by atoms with Crippen LogP contribution in [-0.2, 0) is 4.74 Å². The van der Waals surface area contributed by atoms with Gasteiger partial charge in [-0.25, -0.2) is 0 Å². The summed E-state index contributed by atoms with van der Waals surface area (Å²) in [5, 5.41) is 3.85. The van der Waals surface area contributed by atoms with E-state index in [2.05, 4.69) is 24.0 Å². The normalized spacial score (nSPS) is 36.8. The maximum Gasteiger partial charge on any atom is 0.0783 e. The molecule has 110 valence electrons. The number of hydrogen-bond acceptors (Lipinski definition) is 3. The first kappa shape index (κ1) is 14.2. The number of hydrogen-bond donors (Lipinski definition) is 1. The molecule has 1 spiro atoms. The van der Waals surface area contributed by atoms with Gasteiger partial charge in [0.25, 0.3) is 0 Å². The molecule has 3 unspecified atom stereocenters. The van der Waals surface area contributed by atoms with Crippen LogP contribution in [0.3, 0.4) is 0 Å². The minimum absolute atomic E-state index is 0.253. The summed E-state index contributed by atoms with van der Waals surface area (Å²) >= 11 is 2.09. The molecule has 0 aromatic heterocycles. The number of rotatable bonds is 6. The van der Waals surface area contributed by atoms with Gasteiger partial charge in [0.05, 0.1) is 5.60 Å². The second kappa shape index (κ2) is 6.36. The van der Waals surface area contributed by atoms with Crippen molar-refractivity contribution in [3.8, 4) is 0 Å². The summed E-state index contributed by atoms with van der Waals surface area (Å²) in [4.78, 5) is 0. The molecule has 0 aromatic carbocycles. The molecule has 0 amide bonds. The molecule has 1 saturated carbocycles. The van der Waals surface area contributed by atoms with Gasteiger partial charge in [0.1, 0.15) is 0 Å². The summed E-state index contributed by atoms with van der Waals surface area (Å²) in [6.45, 7) is 4.47. The van der Waals surface area contributed by atoms with Crippen molar-refractivity contribution in [2.45, 2.75) is 63.5 Å². The highest BCUT2D eigenvalue weighted by atomic mass is 32.2. The molecule has 0 radical (unpaired) electrons. The highest BCUT2D eigenvalue weighted by molar-refractivity contribution is 7.99. The monoisotopic (exact) mass is 283 g/mol. The fourth-order valence-corrected chi connectivity index (χ4v) is 5.14. The van der Waals surface area contributed by atoms with Gasteiger partial charge in [-0.05, 0) is 56.2 Å². The maximum absolute atomic E-state index is 6.18. The quantitative estimate of drug-likeness (QED) is 0.806. The van der Waals surface area contributed by atoms with Gasteiger partial charge >= 0.3 is 0 Å². The lowest BCUT2D eigenvalue weighted by molar-refractivity contribution is -0.0857. The van der Waals surface area contributed by atoms with Crippen LogP contribution in [0, 0.1) is 11.8 Å². The summed E-state index contributed by atoms with van der Waals surface area (Å²) in [6, 6.07) is 0.763. The smallest absolute Gasteiger partial charge is 0.0783 e. The van der Waals surface area contributed by atoms with E-state index in [-0.39, 0.29) is 5.60 Å². The van der Waals surface area contributed by atoms with Crippen molar-refractivity contribution in [2.24, 2.45) is 11.8 Å². The second-order valence-electron chi connectivity index (χ2n) is 6.83. The molecule has 3 atom stereocenters. The third kappa shape index (κ3) is 3.68. The summed E-state index contributed by atoms with van der Waals surface area (Å²) < 4.78 is 6.18.